The molecule has 6 nitrogen and oxygen atoms in total. The zero-order valence-electron chi connectivity index (χ0n) is 20.7. The van der Waals surface area contributed by atoms with Crippen molar-refractivity contribution in [2.24, 2.45) is 11.8 Å². The largest absolute Gasteiger partial charge is 0.508 e. The smallest absolute Gasteiger partial charge is 0.328 e. The Balaban J connectivity index is 0.000000371. The fraction of sp³-hybridized carbons (Fsp3) is 0.448. The zero-order chi connectivity index (χ0) is 25.4. The lowest BCUT2D eigenvalue weighted by atomic mass is 9.57. The molecule has 1 heterocycles. The maximum Gasteiger partial charge on any atom is 0.328 e. The van der Waals surface area contributed by atoms with Crippen molar-refractivity contribution in [3.63, 3.8) is 0 Å². The Labute approximate surface area is 207 Å². The molecule has 1 saturated carbocycles. The summed E-state index contributed by atoms with van der Waals surface area (Å²) in [6.07, 6.45) is 7.41. The molecule has 1 aliphatic heterocycles. The van der Waals surface area contributed by atoms with Gasteiger partial charge in [-0.05, 0) is 74.2 Å². The number of piperidine rings is 1. The van der Waals surface area contributed by atoms with Crippen LogP contribution in [0.5, 0.6) is 5.75 Å². The van der Waals surface area contributed by atoms with Gasteiger partial charge in [-0.25, -0.2) is 9.59 Å². The number of likely N-dealkylation sites (tertiary alicyclic amines) is 1. The number of carboxylic acids is 2. The number of aromatic hydroxyl groups is 1. The van der Waals surface area contributed by atoms with E-state index in [-0.39, 0.29) is 5.41 Å². The number of benzene rings is 2. The van der Waals surface area contributed by atoms with E-state index in [9.17, 15) is 14.7 Å². The van der Waals surface area contributed by atoms with Gasteiger partial charge < -0.3 is 20.2 Å². The van der Waals surface area contributed by atoms with Crippen LogP contribution in [0, 0.1) is 18.8 Å². The second-order valence-electron chi connectivity index (χ2n) is 10.1. The number of hydrogen-bond acceptors (Lipinski definition) is 4. The molecule has 0 aromatic heterocycles. The quantitative estimate of drug-likeness (QED) is 0.503. The summed E-state index contributed by atoms with van der Waals surface area (Å²) in [6, 6.07) is 17.1. The lowest BCUT2D eigenvalue weighted by Gasteiger charge is -2.53. The summed E-state index contributed by atoms with van der Waals surface area (Å²) in [7, 11) is 0. The summed E-state index contributed by atoms with van der Waals surface area (Å²) in [6.45, 7) is 8.09. The van der Waals surface area contributed by atoms with Crippen molar-refractivity contribution in [3.8, 4) is 5.75 Å². The normalized spacial score (nSPS) is 24.3. The van der Waals surface area contributed by atoms with Crippen molar-refractivity contribution >= 4 is 11.9 Å². The lowest BCUT2D eigenvalue weighted by Crippen LogP contribution is -2.52. The first kappa shape index (κ1) is 26.5. The van der Waals surface area contributed by atoms with Gasteiger partial charge in [0.25, 0.3) is 0 Å². The standard InChI is InChI=1S/C25H33NO.C4H4O4/c1-19-6-9-21(10-7-19)12-14-26-15-13-25(22-4-3-5-24(27)16-22)17-20(2)8-11-23(25)18-26;5-3(6)1-2-4(7)8/h3-7,9-10,16,20,23,27H,8,11-15,17-18H2,1-2H3;1-2H,(H,5,6)(H,7,8)/b;2-1-/t20-,23-,25?;/m0./s1. The number of phenols is 1. The molecule has 2 aromatic carbocycles. The summed E-state index contributed by atoms with van der Waals surface area (Å²) < 4.78 is 0. The van der Waals surface area contributed by atoms with Gasteiger partial charge in [0, 0.05) is 30.7 Å². The first-order chi connectivity index (χ1) is 16.7. The highest BCUT2D eigenvalue weighted by molar-refractivity contribution is 5.89. The molecule has 0 spiro atoms. The van der Waals surface area contributed by atoms with Gasteiger partial charge in [0.1, 0.15) is 5.75 Å². The molecule has 35 heavy (non-hydrogen) atoms. The number of rotatable bonds is 6. The van der Waals surface area contributed by atoms with Crippen LogP contribution in [0.3, 0.4) is 0 Å². The highest BCUT2D eigenvalue weighted by Gasteiger charge is 2.47. The maximum atomic E-state index is 10.1. The van der Waals surface area contributed by atoms with Crippen LogP contribution in [0.4, 0.5) is 0 Å². The Bertz CT molecular complexity index is 1020. The first-order valence-corrected chi connectivity index (χ1v) is 12.4. The SMILES string of the molecule is Cc1ccc(CCN2CCC3(c4cccc(O)c4)C[C@@H](C)CC[C@H]3C2)cc1.O=C(O)/C=C\C(=O)O. The van der Waals surface area contributed by atoms with E-state index in [0.717, 1.165) is 18.9 Å². The molecule has 1 unspecified atom stereocenters. The third-order valence-electron chi connectivity index (χ3n) is 7.48. The number of hydrogen-bond donors (Lipinski definition) is 3. The Morgan fingerprint density at radius 3 is 2.37 bits per heavy atom. The molecule has 0 bridgehead atoms. The van der Waals surface area contributed by atoms with Gasteiger partial charge in [-0.3, -0.25) is 0 Å². The van der Waals surface area contributed by atoms with Gasteiger partial charge in [0.05, 0.1) is 0 Å². The van der Waals surface area contributed by atoms with Gasteiger partial charge in [0.2, 0.25) is 0 Å². The summed E-state index contributed by atoms with van der Waals surface area (Å²) >= 11 is 0. The molecule has 3 atom stereocenters. The first-order valence-electron chi connectivity index (χ1n) is 12.4. The third kappa shape index (κ3) is 7.43. The van der Waals surface area contributed by atoms with Gasteiger partial charge in [-0.1, -0.05) is 55.3 Å². The second-order valence-corrected chi connectivity index (χ2v) is 10.1. The predicted molar refractivity (Wildman–Crippen MR) is 137 cm³/mol. The van der Waals surface area contributed by atoms with Crippen molar-refractivity contribution in [1.82, 2.24) is 4.90 Å². The number of aliphatic carboxylic acids is 2. The molecule has 4 rings (SSSR count). The molecular weight excluding hydrogens is 442 g/mol. The lowest BCUT2D eigenvalue weighted by molar-refractivity contribution is -0.134. The maximum absolute atomic E-state index is 10.1. The fourth-order valence-electron chi connectivity index (χ4n) is 5.69. The molecule has 2 aromatic rings. The Morgan fingerprint density at radius 2 is 1.74 bits per heavy atom. The minimum Gasteiger partial charge on any atom is -0.508 e. The Morgan fingerprint density at radius 1 is 1.06 bits per heavy atom. The van der Waals surface area contributed by atoms with E-state index in [1.165, 1.54) is 55.5 Å². The molecule has 2 aliphatic rings. The molecule has 1 saturated heterocycles. The molecule has 1 aliphatic carbocycles. The van der Waals surface area contributed by atoms with E-state index in [1.54, 1.807) is 6.07 Å². The highest BCUT2D eigenvalue weighted by Crippen LogP contribution is 2.51. The van der Waals surface area contributed by atoms with Crippen LogP contribution in [0.1, 0.15) is 49.3 Å². The number of carboxylic acid groups (broad SMARTS) is 2. The molecule has 0 amide bonds. The minimum atomic E-state index is -1.26. The van der Waals surface area contributed by atoms with E-state index in [2.05, 4.69) is 49.1 Å². The van der Waals surface area contributed by atoms with E-state index >= 15 is 0 Å². The average molecular weight is 480 g/mol. The molecule has 0 radical (unpaired) electrons. The summed E-state index contributed by atoms with van der Waals surface area (Å²) in [5.41, 5.74) is 4.42. The zero-order valence-corrected chi connectivity index (χ0v) is 20.7. The molecule has 188 valence electrons. The molecule has 2 fully saturated rings. The van der Waals surface area contributed by atoms with Crippen LogP contribution in [0.15, 0.2) is 60.7 Å². The number of fused-ring (bicyclic) bond motifs is 1. The van der Waals surface area contributed by atoms with Crippen LogP contribution in [0.25, 0.3) is 0 Å². The summed E-state index contributed by atoms with van der Waals surface area (Å²) in [5, 5.41) is 25.7. The molecule has 3 N–H and O–H groups in total. The van der Waals surface area contributed by atoms with Crippen molar-refractivity contribution in [3.05, 3.63) is 77.4 Å². The van der Waals surface area contributed by atoms with Crippen LogP contribution in [-0.4, -0.2) is 51.8 Å². The number of phenolic OH excluding ortho intramolecular Hbond substituents is 1. The predicted octanol–water partition coefficient (Wildman–Crippen LogP) is 5.03. The van der Waals surface area contributed by atoms with Gasteiger partial charge >= 0.3 is 11.9 Å². The third-order valence-corrected chi connectivity index (χ3v) is 7.48. The Kier molecular flexibility index (Phi) is 9.10. The van der Waals surface area contributed by atoms with Gasteiger partial charge in [0.15, 0.2) is 0 Å². The number of aryl methyl sites for hydroxylation is 1. The summed E-state index contributed by atoms with van der Waals surface area (Å²) in [4.78, 5) is 21.8. The van der Waals surface area contributed by atoms with Crippen LogP contribution >= 0.6 is 0 Å². The number of nitrogens with zero attached hydrogens (tertiary/aromatic N) is 1. The van der Waals surface area contributed by atoms with E-state index in [1.807, 2.05) is 12.1 Å². The highest BCUT2D eigenvalue weighted by atomic mass is 16.4. The van der Waals surface area contributed by atoms with Crippen molar-refractivity contribution in [2.75, 3.05) is 19.6 Å². The van der Waals surface area contributed by atoms with Crippen molar-refractivity contribution in [1.29, 1.82) is 0 Å². The van der Waals surface area contributed by atoms with E-state index < -0.39 is 11.9 Å². The van der Waals surface area contributed by atoms with Crippen LogP contribution in [-0.2, 0) is 21.4 Å². The molecule has 6 heteroatoms. The average Bonchev–Trinajstić information content (AvgIpc) is 2.83. The number of carbonyl (C=O) groups is 2. The van der Waals surface area contributed by atoms with Gasteiger partial charge in [-0.15, -0.1) is 0 Å². The van der Waals surface area contributed by atoms with Crippen molar-refractivity contribution in [2.45, 2.75) is 51.4 Å². The van der Waals surface area contributed by atoms with E-state index in [0.29, 0.717) is 23.8 Å². The minimum absolute atomic E-state index is 0.261. The second kappa shape index (κ2) is 12.0. The fourth-order valence-corrected chi connectivity index (χ4v) is 5.69. The monoisotopic (exact) mass is 479 g/mol. The molecular formula is C29H37NO5. The van der Waals surface area contributed by atoms with Gasteiger partial charge in [-0.2, -0.15) is 0 Å². The topological polar surface area (TPSA) is 98.1 Å². The summed E-state index contributed by atoms with van der Waals surface area (Å²) in [5.74, 6) is -0.606. The van der Waals surface area contributed by atoms with Crippen LogP contribution < -0.4 is 0 Å². The van der Waals surface area contributed by atoms with Crippen LogP contribution in [0.2, 0.25) is 0 Å². The Hall–Kier alpha value is -3.12. The van der Waals surface area contributed by atoms with Crippen molar-refractivity contribution < 1.29 is 24.9 Å². The van der Waals surface area contributed by atoms with E-state index in [4.69, 9.17) is 10.2 Å².